The fraction of sp³-hybridized carbons (Fsp3) is 0.353. The summed E-state index contributed by atoms with van der Waals surface area (Å²) < 4.78 is 6.94. The van der Waals surface area contributed by atoms with E-state index in [0.717, 1.165) is 11.4 Å². The van der Waals surface area contributed by atoms with Crippen molar-refractivity contribution in [2.75, 3.05) is 25.2 Å². The molecule has 2 aromatic heterocycles. The first-order chi connectivity index (χ1) is 12.4. The SMILES string of the molecule is CCOCCc1nn(C)c2c(=O)[nH]c(N(C)c3ccc(Cl)c(Cl)c3)nc12. The van der Waals surface area contributed by atoms with Crippen molar-refractivity contribution in [2.45, 2.75) is 13.3 Å². The summed E-state index contributed by atoms with van der Waals surface area (Å²) in [6, 6.07) is 5.22. The minimum atomic E-state index is -0.255. The van der Waals surface area contributed by atoms with Crippen LogP contribution >= 0.6 is 23.2 Å². The summed E-state index contributed by atoms with van der Waals surface area (Å²) in [7, 11) is 3.52. The number of fused-ring (bicyclic) bond motifs is 1. The second-order valence-electron chi connectivity index (χ2n) is 5.76. The van der Waals surface area contributed by atoms with E-state index >= 15 is 0 Å². The Kier molecular flexibility index (Phi) is 5.50. The van der Waals surface area contributed by atoms with E-state index in [1.54, 1.807) is 41.9 Å². The molecule has 0 amide bonds. The standard InChI is InChI=1S/C17H19Cl2N5O2/c1-4-26-8-7-13-14-15(24(3)22-13)16(25)21-17(20-14)23(2)10-5-6-11(18)12(19)9-10/h5-6,9H,4,7-8H2,1-3H3,(H,20,21,25). The fourth-order valence-corrected chi connectivity index (χ4v) is 2.98. The van der Waals surface area contributed by atoms with E-state index in [1.807, 2.05) is 6.92 Å². The molecule has 0 saturated heterocycles. The first-order valence-electron chi connectivity index (χ1n) is 8.14. The van der Waals surface area contributed by atoms with Crippen LogP contribution in [0.2, 0.25) is 10.0 Å². The van der Waals surface area contributed by atoms with Crippen molar-refractivity contribution < 1.29 is 4.74 Å². The number of anilines is 2. The Morgan fingerprint density at radius 2 is 2.08 bits per heavy atom. The lowest BCUT2D eigenvalue weighted by atomic mass is 10.2. The van der Waals surface area contributed by atoms with Crippen LogP contribution in [0, 0.1) is 0 Å². The average Bonchev–Trinajstić information content (AvgIpc) is 2.93. The molecule has 0 spiro atoms. The van der Waals surface area contributed by atoms with Gasteiger partial charge in [0.2, 0.25) is 5.95 Å². The molecular formula is C17H19Cl2N5O2. The Balaban J connectivity index is 2.04. The molecule has 3 rings (SSSR count). The highest BCUT2D eigenvalue weighted by molar-refractivity contribution is 6.42. The molecule has 0 fully saturated rings. The summed E-state index contributed by atoms with van der Waals surface area (Å²) in [6.07, 6.45) is 0.581. The minimum absolute atomic E-state index is 0.255. The molecule has 9 heteroatoms. The number of aryl methyl sites for hydroxylation is 1. The first-order valence-corrected chi connectivity index (χ1v) is 8.90. The number of hydrogen-bond donors (Lipinski definition) is 1. The van der Waals surface area contributed by atoms with Gasteiger partial charge in [-0.15, -0.1) is 0 Å². The van der Waals surface area contributed by atoms with E-state index in [4.69, 9.17) is 27.9 Å². The van der Waals surface area contributed by atoms with Gasteiger partial charge in [0.1, 0.15) is 5.52 Å². The Morgan fingerprint density at radius 1 is 1.31 bits per heavy atom. The van der Waals surface area contributed by atoms with Crippen molar-refractivity contribution >= 4 is 45.9 Å². The lowest BCUT2D eigenvalue weighted by Crippen LogP contribution is -2.19. The van der Waals surface area contributed by atoms with Gasteiger partial charge in [-0.25, -0.2) is 4.98 Å². The Morgan fingerprint density at radius 3 is 2.77 bits per heavy atom. The minimum Gasteiger partial charge on any atom is -0.381 e. The highest BCUT2D eigenvalue weighted by Gasteiger charge is 2.17. The molecule has 2 heterocycles. The summed E-state index contributed by atoms with van der Waals surface area (Å²) >= 11 is 12.1. The van der Waals surface area contributed by atoms with E-state index in [1.165, 1.54) is 0 Å². The van der Waals surface area contributed by atoms with Gasteiger partial charge in [0.15, 0.2) is 5.52 Å². The second kappa shape index (κ2) is 7.65. The third kappa shape index (κ3) is 3.56. The van der Waals surface area contributed by atoms with Crippen molar-refractivity contribution in [3.05, 3.63) is 44.3 Å². The normalized spacial score (nSPS) is 11.3. The lowest BCUT2D eigenvalue weighted by molar-refractivity contribution is 0.150. The number of nitrogens with zero attached hydrogens (tertiary/aromatic N) is 4. The Labute approximate surface area is 160 Å². The molecule has 1 N–H and O–H groups in total. The molecule has 138 valence electrons. The molecule has 3 aromatic rings. The average molecular weight is 396 g/mol. The number of halogens is 2. The zero-order valence-corrected chi connectivity index (χ0v) is 16.2. The summed E-state index contributed by atoms with van der Waals surface area (Å²) in [5.74, 6) is 0.395. The molecule has 0 bridgehead atoms. The molecular weight excluding hydrogens is 377 g/mol. The zero-order valence-electron chi connectivity index (χ0n) is 14.7. The largest absolute Gasteiger partial charge is 0.381 e. The Hall–Kier alpha value is -2.09. The van der Waals surface area contributed by atoms with Gasteiger partial charge in [0, 0.05) is 32.8 Å². The summed E-state index contributed by atoms with van der Waals surface area (Å²) in [5, 5.41) is 5.31. The van der Waals surface area contributed by atoms with E-state index < -0.39 is 0 Å². The van der Waals surface area contributed by atoms with Gasteiger partial charge < -0.3 is 9.64 Å². The molecule has 0 unspecified atom stereocenters. The van der Waals surface area contributed by atoms with Crippen LogP contribution in [0.3, 0.4) is 0 Å². The summed E-state index contributed by atoms with van der Waals surface area (Å²) in [6.45, 7) is 3.09. The number of rotatable bonds is 6. The van der Waals surface area contributed by atoms with Crippen LogP contribution in [0.25, 0.3) is 11.0 Å². The highest BCUT2D eigenvalue weighted by Crippen LogP contribution is 2.29. The van der Waals surface area contributed by atoms with Crippen LogP contribution in [0.15, 0.2) is 23.0 Å². The van der Waals surface area contributed by atoms with E-state index in [9.17, 15) is 4.79 Å². The monoisotopic (exact) mass is 395 g/mol. The van der Waals surface area contributed by atoms with Gasteiger partial charge >= 0.3 is 0 Å². The summed E-state index contributed by atoms with van der Waals surface area (Å²) in [4.78, 5) is 21.7. The second-order valence-corrected chi connectivity index (χ2v) is 6.58. The number of ether oxygens (including phenoxy) is 1. The molecule has 26 heavy (non-hydrogen) atoms. The van der Waals surface area contributed by atoms with Crippen LogP contribution in [0.5, 0.6) is 0 Å². The number of hydrogen-bond acceptors (Lipinski definition) is 5. The van der Waals surface area contributed by atoms with Crippen molar-refractivity contribution in [3.63, 3.8) is 0 Å². The molecule has 0 aliphatic carbocycles. The van der Waals surface area contributed by atoms with E-state index in [2.05, 4.69) is 15.1 Å². The van der Waals surface area contributed by atoms with Crippen LogP contribution in [-0.4, -0.2) is 40.0 Å². The third-order valence-electron chi connectivity index (χ3n) is 4.05. The zero-order chi connectivity index (χ0) is 18.8. The van der Waals surface area contributed by atoms with Crippen LogP contribution < -0.4 is 10.5 Å². The number of aromatic nitrogens is 4. The third-order valence-corrected chi connectivity index (χ3v) is 4.78. The van der Waals surface area contributed by atoms with Gasteiger partial charge in [-0.3, -0.25) is 14.5 Å². The van der Waals surface area contributed by atoms with Crippen molar-refractivity contribution in [1.82, 2.24) is 19.7 Å². The molecule has 0 aliphatic heterocycles. The van der Waals surface area contributed by atoms with Gasteiger partial charge in [-0.1, -0.05) is 23.2 Å². The van der Waals surface area contributed by atoms with Gasteiger partial charge in [-0.05, 0) is 25.1 Å². The number of benzene rings is 1. The number of H-pyrrole nitrogens is 1. The molecule has 1 aromatic carbocycles. The van der Waals surface area contributed by atoms with Crippen molar-refractivity contribution in [3.8, 4) is 0 Å². The molecule has 7 nitrogen and oxygen atoms in total. The first kappa shape index (κ1) is 18.7. The van der Waals surface area contributed by atoms with Crippen LogP contribution in [-0.2, 0) is 18.2 Å². The van der Waals surface area contributed by atoms with E-state index in [-0.39, 0.29) is 5.56 Å². The number of aromatic amines is 1. The molecule has 0 atom stereocenters. The van der Waals surface area contributed by atoms with Crippen LogP contribution in [0.1, 0.15) is 12.6 Å². The van der Waals surface area contributed by atoms with Crippen molar-refractivity contribution in [1.29, 1.82) is 0 Å². The molecule has 0 aliphatic rings. The maximum Gasteiger partial charge on any atom is 0.278 e. The van der Waals surface area contributed by atoms with Gasteiger partial charge in [-0.2, -0.15) is 5.10 Å². The smallest absolute Gasteiger partial charge is 0.278 e. The maximum atomic E-state index is 12.6. The lowest BCUT2D eigenvalue weighted by Gasteiger charge is -2.18. The quantitative estimate of drug-likeness (QED) is 0.647. The predicted molar refractivity (Wildman–Crippen MR) is 104 cm³/mol. The predicted octanol–water partition coefficient (Wildman–Crippen LogP) is 3.31. The topological polar surface area (TPSA) is 76.0 Å². The fourth-order valence-electron chi connectivity index (χ4n) is 2.69. The van der Waals surface area contributed by atoms with E-state index in [0.29, 0.717) is 46.7 Å². The summed E-state index contributed by atoms with van der Waals surface area (Å²) in [5.41, 5.74) is 2.22. The maximum absolute atomic E-state index is 12.6. The number of nitrogens with one attached hydrogen (secondary N) is 1. The van der Waals surface area contributed by atoms with Gasteiger partial charge in [0.25, 0.3) is 5.56 Å². The Bertz CT molecular complexity index is 999. The van der Waals surface area contributed by atoms with Gasteiger partial charge in [0.05, 0.1) is 22.3 Å². The van der Waals surface area contributed by atoms with Crippen LogP contribution in [0.4, 0.5) is 11.6 Å². The van der Waals surface area contributed by atoms with Crippen molar-refractivity contribution in [2.24, 2.45) is 7.05 Å². The molecule has 0 saturated carbocycles. The highest BCUT2D eigenvalue weighted by atomic mass is 35.5. The molecule has 0 radical (unpaired) electrons.